The van der Waals surface area contributed by atoms with Crippen molar-refractivity contribution in [1.29, 1.82) is 0 Å². The topological polar surface area (TPSA) is 68.2 Å². The molecule has 20 heavy (non-hydrogen) atoms. The lowest BCUT2D eigenvalue weighted by atomic mass is 10.1. The van der Waals surface area contributed by atoms with Crippen molar-refractivity contribution in [2.75, 3.05) is 13.6 Å². The second-order valence-electron chi connectivity index (χ2n) is 5.44. The van der Waals surface area contributed by atoms with Crippen LogP contribution in [0.1, 0.15) is 18.7 Å². The fourth-order valence-corrected chi connectivity index (χ4v) is 2.57. The first-order valence-electron chi connectivity index (χ1n) is 7.06. The van der Waals surface area contributed by atoms with Crippen molar-refractivity contribution in [3.05, 3.63) is 36.2 Å². The van der Waals surface area contributed by atoms with E-state index in [0.29, 0.717) is 30.8 Å². The summed E-state index contributed by atoms with van der Waals surface area (Å²) < 4.78 is 5.32. The summed E-state index contributed by atoms with van der Waals surface area (Å²) in [7, 11) is 2.08. The molecule has 0 aliphatic heterocycles. The molecular weight excluding hydrogens is 252 g/mol. The van der Waals surface area contributed by atoms with Crippen LogP contribution in [0.4, 0.5) is 0 Å². The van der Waals surface area contributed by atoms with Gasteiger partial charge >= 0.3 is 0 Å². The van der Waals surface area contributed by atoms with Gasteiger partial charge in [-0.05, 0) is 37.9 Å². The van der Waals surface area contributed by atoms with E-state index < -0.39 is 0 Å². The van der Waals surface area contributed by atoms with Gasteiger partial charge in [0.2, 0.25) is 0 Å². The molecule has 1 atom stereocenters. The van der Waals surface area contributed by atoms with Crippen molar-refractivity contribution < 1.29 is 4.52 Å². The SMILES string of the molecule is CN(Cc1noc(-c2ccccc2)n1)C(CN)C1CC1. The van der Waals surface area contributed by atoms with Crippen LogP contribution >= 0.6 is 0 Å². The van der Waals surface area contributed by atoms with Crippen LogP contribution in [0.15, 0.2) is 34.9 Å². The Hall–Kier alpha value is -1.72. The fraction of sp³-hybridized carbons (Fsp3) is 0.467. The number of nitrogens with zero attached hydrogens (tertiary/aromatic N) is 3. The summed E-state index contributed by atoms with van der Waals surface area (Å²) in [6.45, 7) is 1.36. The average molecular weight is 272 g/mol. The minimum absolute atomic E-state index is 0.425. The van der Waals surface area contributed by atoms with Crippen molar-refractivity contribution in [2.24, 2.45) is 11.7 Å². The molecule has 0 saturated heterocycles. The first kappa shape index (κ1) is 13.3. The Morgan fingerprint density at radius 3 is 2.75 bits per heavy atom. The molecule has 1 aliphatic carbocycles. The zero-order valence-electron chi connectivity index (χ0n) is 11.7. The summed E-state index contributed by atoms with van der Waals surface area (Å²) in [6, 6.07) is 10.2. The highest BCUT2D eigenvalue weighted by atomic mass is 16.5. The maximum atomic E-state index is 5.86. The van der Waals surface area contributed by atoms with Crippen LogP contribution in [0.25, 0.3) is 11.5 Å². The van der Waals surface area contributed by atoms with E-state index >= 15 is 0 Å². The Bertz CT molecular complexity index is 550. The molecule has 1 fully saturated rings. The Morgan fingerprint density at radius 1 is 1.35 bits per heavy atom. The van der Waals surface area contributed by atoms with E-state index in [0.717, 1.165) is 11.5 Å². The molecule has 0 radical (unpaired) electrons. The van der Waals surface area contributed by atoms with Gasteiger partial charge in [0.1, 0.15) is 0 Å². The van der Waals surface area contributed by atoms with E-state index in [1.807, 2.05) is 30.3 Å². The van der Waals surface area contributed by atoms with Crippen LogP contribution in [-0.2, 0) is 6.54 Å². The second kappa shape index (κ2) is 5.73. The number of likely N-dealkylation sites (N-methyl/N-ethyl adjacent to an activating group) is 1. The summed E-state index contributed by atoms with van der Waals surface area (Å²) in [5, 5.41) is 4.06. The molecule has 1 aliphatic rings. The first-order chi connectivity index (χ1) is 9.78. The first-order valence-corrected chi connectivity index (χ1v) is 7.06. The molecule has 1 heterocycles. The predicted molar refractivity (Wildman–Crippen MR) is 76.8 cm³/mol. The number of hydrogen-bond acceptors (Lipinski definition) is 5. The Labute approximate surface area is 118 Å². The monoisotopic (exact) mass is 272 g/mol. The number of aromatic nitrogens is 2. The summed E-state index contributed by atoms with van der Waals surface area (Å²) >= 11 is 0. The summed E-state index contributed by atoms with van der Waals surface area (Å²) in [6.07, 6.45) is 2.57. The normalized spacial score (nSPS) is 16.6. The van der Waals surface area contributed by atoms with Gasteiger partial charge in [-0.1, -0.05) is 23.4 Å². The van der Waals surface area contributed by atoms with Gasteiger partial charge in [0.05, 0.1) is 6.54 Å². The third kappa shape index (κ3) is 2.89. The molecule has 0 spiro atoms. The van der Waals surface area contributed by atoms with Crippen LogP contribution in [0.5, 0.6) is 0 Å². The number of rotatable bonds is 6. The largest absolute Gasteiger partial charge is 0.334 e. The van der Waals surface area contributed by atoms with Gasteiger partial charge in [0.15, 0.2) is 5.82 Å². The molecule has 1 aromatic heterocycles. The van der Waals surface area contributed by atoms with Crippen molar-refractivity contribution in [1.82, 2.24) is 15.0 Å². The second-order valence-corrected chi connectivity index (χ2v) is 5.44. The molecule has 1 aromatic carbocycles. The molecule has 0 amide bonds. The third-order valence-electron chi connectivity index (χ3n) is 3.85. The van der Waals surface area contributed by atoms with Gasteiger partial charge in [-0.2, -0.15) is 4.98 Å². The highest BCUT2D eigenvalue weighted by molar-refractivity contribution is 5.51. The average Bonchev–Trinajstić information content (AvgIpc) is 3.19. The molecule has 1 saturated carbocycles. The van der Waals surface area contributed by atoms with Crippen LogP contribution in [0.2, 0.25) is 0 Å². The number of nitrogens with two attached hydrogens (primary N) is 1. The Kier molecular flexibility index (Phi) is 3.80. The van der Waals surface area contributed by atoms with Crippen molar-refractivity contribution in [3.63, 3.8) is 0 Å². The standard InChI is InChI=1S/C15H20N4O/c1-19(13(9-16)11-7-8-11)10-14-17-15(20-18-14)12-5-3-2-4-6-12/h2-6,11,13H,7-10,16H2,1H3. The molecule has 106 valence electrons. The van der Waals surface area contributed by atoms with Crippen molar-refractivity contribution in [2.45, 2.75) is 25.4 Å². The lowest BCUT2D eigenvalue weighted by molar-refractivity contribution is 0.208. The third-order valence-corrected chi connectivity index (χ3v) is 3.85. The minimum atomic E-state index is 0.425. The smallest absolute Gasteiger partial charge is 0.257 e. The van der Waals surface area contributed by atoms with Gasteiger partial charge in [-0.3, -0.25) is 4.90 Å². The molecule has 2 N–H and O–H groups in total. The lowest BCUT2D eigenvalue weighted by Gasteiger charge is -2.25. The van der Waals surface area contributed by atoms with Gasteiger partial charge in [-0.15, -0.1) is 0 Å². The van der Waals surface area contributed by atoms with Gasteiger partial charge < -0.3 is 10.3 Å². The molecule has 0 bridgehead atoms. The zero-order valence-corrected chi connectivity index (χ0v) is 11.7. The molecule has 5 nitrogen and oxygen atoms in total. The Morgan fingerprint density at radius 2 is 2.10 bits per heavy atom. The van der Waals surface area contributed by atoms with E-state index in [1.165, 1.54) is 12.8 Å². The molecule has 2 aromatic rings. The molecule has 5 heteroatoms. The maximum absolute atomic E-state index is 5.86. The van der Waals surface area contributed by atoms with Crippen molar-refractivity contribution in [3.8, 4) is 11.5 Å². The van der Waals surface area contributed by atoms with E-state index in [9.17, 15) is 0 Å². The zero-order chi connectivity index (χ0) is 13.9. The number of hydrogen-bond donors (Lipinski definition) is 1. The van der Waals surface area contributed by atoms with E-state index in [1.54, 1.807) is 0 Å². The quantitative estimate of drug-likeness (QED) is 0.870. The summed E-state index contributed by atoms with van der Waals surface area (Å²) in [5.41, 5.74) is 6.81. The molecule has 1 unspecified atom stereocenters. The number of benzene rings is 1. The van der Waals surface area contributed by atoms with E-state index in [4.69, 9.17) is 10.3 Å². The van der Waals surface area contributed by atoms with Crippen LogP contribution in [-0.4, -0.2) is 34.7 Å². The summed E-state index contributed by atoms with van der Waals surface area (Å²) in [4.78, 5) is 6.69. The van der Waals surface area contributed by atoms with Gasteiger partial charge in [-0.25, -0.2) is 0 Å². The van der Waals surface area contributed by atoms with Crippen molar-refractivity contribution >= 4 is 0 Å². The highest BCUT2D eigenvalue weighted by Crippen LogP contribution is 2.34. The maximum Gasteiger partial charge on any atom is 0.257 e. The highest BCUT2D eigenvalue weighted by Gasteiger charge is 2.33. The fourth-order valence-electron chi connectivity index (χ4n) is 2.57. The molecular formula is C15H20N4O. The van der Waals surface area contributed by atoms with E-state index in [2.05, 4.69) is 22.1 Å². The minimum Gasteiger partial charge on any atom is -0.334 e. The van der Waals surface area contributed by atoms with Crippen LogP contribution < -0.4 is 5.73 Å². The van der Waals surface area contributed by atoms with Crippen LogP contribution in [0.3, 0.4) is 0 Å². The van der Waals surface area contributed by atoms with Gasteiger partial charge in [0, 0.05) is 18.2 Å². The lowest BCUT2D eigenvalue weighted by Crippen LogP contribution is -2.39. The Balaban J connectivity index is 1.68. The van der Waals surface area contributed by atoms with Gasteiger partial charge in [0.25, 0.3) is 5.89 Å². The summed E-state index contributed by atoms with van der Waals surface area (Å²) in [5.74, 6) is 2.03. The van der Waals surface area contributed by atoms with E-state index in [-0.39, 0.29) is 0 Å². The molecule has 3 rings (SSSR count). The predicted octanol–water partition coefficient (Wildman–Crippen LogP) is 1.91. The van der Waals surface area contributed by atoms with Crippen LogP contribution in [0, 0.1) is 5.92 Å².